The maximum Gasteiger partial charge on any atom is 0.255 e. The van der Waals surface area contributed by atoms with E-state index in [0.717, 1.165) is 24.8 Å². The van der Waals surface area contributed by atoms with Crippen LogP contribution >= 0.6 is 0 Å². The Morgan fingerprint density at radius 1 is 1.11 bits per heavy atom. The first-order valence-electron chi connectivity index (χ1n) is 12.2. The number of hydrogen-bond donors (Lipinski definition) is 5. The van der Waals surface area contributed by atoms with Gasteiger partial charge in [0, 0.05) is 25.3 Å². The van der Waals surface area contributed by atoms with Crippen molar-refractivity contribution in [1.29, 1.82) is 4.78 Å². The molecule has 2 aromatic carbocycles. The number of hydrogen-bond acceptors (Lipinski definition) is 8. The highest BCUT2D eigenvalue weighted by Gasteiger charge is 2.16. The van der Waals surface area contributed by atoms with Gasteiger partial charge in [0.1, 0.15) is 12.4 Å². The van der Waals surface area contributed by atoms with Crippen molar-refractivity contribution in [2.24, 2.45) is 0 Å². The van der Waals surface area contributed by atoms with Gasteiger partial charge in [-0.2, -0.15) is 0 Å². The predicted octanol–water partition coefficient (Wildman–Crippen LogP) is 2.52. The quantitative estimate of drug-likeness (QED) is 0.205. The van der Waals surface area contributed by atoms with Gasteiger partial charge in [-0.25, -0.2) is 17.4 Å². The maximum atomic E-state index is 12.8. The maximum absolute atomic E-state index is 12.8. The first-order chi connectivity index (χ1) is 17.8. The molecule has 0 aromatic heterocycles. The molecule has 5 N–H and O–H groups in total. The van der Waals surface area contributed by atoms with E-state index in [1.807, 2.05) is 26.1 Å². The molecule has 0 fully saturated rings. The van der Waals surface area contributed by atoms with Crippen LogP contribution in [0.25, 0.3) is 0 Å². The van der Waals surface area contributed by atoms with Crippen LogP contribution in [0.4, 0.5) is 5.69 Å². The van der Waals surface area contributed by atoms with Crippen LogP contribution in [-0.4, -0.2) is 78.7 Å². The Morgan fingerprint density at radius 2 is 1.76 bits per heavy atom. The van der Waals surface area contributed by atoms with E-state index in [1.54, 1.807) is 18.2 Å². The Labute approximate surface area is 225 Å². The minimum Gasteiger partial charge on any atom is -0.491 e. The molecule has 13 heteroatoms. The molecule has 2 rings (SSSR count). The second-order valence-electron chi connectivity index (χ2n) is 9.19. The molecule has 0 saturated carbocycles. The van der Waals surface area contributed by atoms with Crippen LogP contribution < -0.4 is 14.8 Å². The number of nitrogens with zero attached hydrogens (tertiary/aromatic N) is 1. The number of carbonyl (C=O) groups excluding carboxylic acids is 1. The number of benzene rings is 2. The molecule has 2 aromatic rings. The van der Waals surface area contributed by atoms with Crippen molar-refractivity contribution in [3.63, 3.8) is 0 Å². The van der Waals surface area contributed by atoms with E-state index < -0.39 is 32.0 Å². The molecule has 0 radical (unpaired) electrons. The molecule has 2 unspecified atom stereocenters. The zero-order valence-corrected chi connectivity index (χ0v) is 23.6. The van der Waals surface area contributed by atoms with Gasteiger partial charge in [0.05, 0.1) is 23.7 Å². The molecule has 212 valence electrons. The molecule has 0 spiro atoms. The SMILES string of the molecule is CCC(O)CCNC(=O)c1cc(NS(C)(=O)=O)ccc1OCCN(C)CCc1ccc(CS(=N)(=O)O)cc1. The predicted molar refractivity (Wildman–Crippen MR) is 148 cm³/mol. The van der Waals surface area contributed by atoms with Crippen LogP contribution in [0.3, 0.4) is 0 Å². The van der Waals surface area contributed by atoms with Gasteiger partial charge in [-0.3, -0.25) is 9.52 Å². The van der Waals surface area contributed by atoms with Crippen LogP contribution in [0.2, 0.25) is 0 Å². The van der Waals surface area contributed by atoms with Crippen molar-refractivity contribution in [2.75, 3.05) is 44.3 Å². The molecule has 0 aliphatic carbocycles. The van der Waals surface area contributed by atoms with E-state index in [4.69, 9.17) is 9.52 Å². The summed E-state index contributed by atoms with van der Waals surface area (Å²) in [6.07, 6.45) is 2.24. The number of anilines is 1. The monoisotopic (exact) mass is 570 g/mol. The van der Waals surface area contributed by atoms with Crippen LogP contribution in [0, 0.1) is 4.78 Å². The Bertz CT molecular complexity index is 1270. The van der Waals surface area contributed by atoms with E-state index in [9.17, 15) is 27.1 Å². The number of nitrogens with one attached hydrogen (secondary N) is 3. The molecular formula is C25H38N4O7S2. The summed E-state index contributed by atoms with van der Waals surface area (Å²) in [6, 6.07) is 11.7. The molecule has 0 aliphatic heterocycles. The molecule has 0 bridgehead atoms. The average Bonchev–Trinajstić information content (AvgIpc) is 2.82. The highest BCUT2D eigenvalue weighted by atomic mass is 32.2. The topological polar surface area (TPSA) is 169 Å². The summed E-state index contributed by atoms with van der Waals surface area (Å²) in [7, 11) is -5.16. The summed E-state index contributed by atoms with van der Waals surface area (Å²) in [5.41, 5.74) is 2.12. The smallest absolute Gasteiger partial charge is 0.255 e. The number of carbonyl (C=O) groups is 1. The van der Waals surface area contributed by atoms with Crippen LogP contribution in [0.15, 0.2) is 42.5 Å². The summed E-state index contributed by atoms with van der Waals surface area (Å²) in [6.45, 7) is 3.70. The minimum absolute atomic E-state index is 0.187. The number of ether oxygens (including phenoxy) is 1. The minimum atomic E-state index is -3.57. The van der Waals surface area contributed by atoms with Gasteiger partial charge in [0.25, 0.3) is 5.91 Å². The van der Waals surface area contributed by atoms with Gasteiger partial charge in [-0.05, 0) is 55.6 Å². The fourth-order valence-electron chi connectivity index (χ4n) is 3.53. The van der Waals surface area contributed by atoms with Crippen molar-refractivity contribution in [3.8, 4) is 5.75 Å². The third kappa shape index (κ3) is 12.2. The van der Waals surface area contributed by atoms with E-state index in [2.05, 4.69) is 14.9 Å². The zero-order chi connectivity index (χ0) is 28.3. The fourth-order valence-corrected chi connectivity index (χ4v) is 4.73. The second-order valence-corrected chi connectivity index (χ2v) is 12.5. The van der Waals surface area contributed by atoms with Gasteiger partial charge >= 0.3 is 0 Å². The molecule has 38 heavy (non-hydrogen) atoms. The molecule has 1 amide bonds. The van der Waals surface area contributed by atoms with E-state index in [1.165, 1.54) is 12.1 Å². The summed E-state index contributed by atoms with van der Waals surface area (Å²) < 4.78 is 59.0. The van der Waals surface area contributed by atoms with E-state index in [-0.39, 0.29) is 30.2 Å². The number of aliphatic hydroxyl groups excluding tert-OH is 1. The Kier molecular flexibility index (Phi) is 12.0. The van der Waals surface area contributed by atoms with Crippen LogP contribution in [0.1, 0.15) is 41.3 Å². The first kappa shape index (κ1) is 31.5. The summed E-state index contributed by atoms with van der Waals surface area (Å²) in [4.78, 5) is 14.9. The number of aliphatic hydroxyl groups is 1. The highest BCUT2D eigenvalue weighted by molar-refractivity contribution is 7.92. The molecule has 2 atom stereocenters. The molecule has 0 saturated heterocycles. The first-order valence-corrected chi connectivity index (χ1v) is 15.8. The number of likely N-dealkylation sites (N-methyl/N-ethyl adjacent to an activating group) is 1. The zero-order valence-electron chi connectivity index (χ0n) is 22.0. The largest absolute Gasteiger partial charge is 0.491 e. The lowest BCUT2D eigenvalue weighted by molar-refractivity contribution is 0.0937. The number of sulfonamides is 1. The van der Waals surface area contributed by atoms with Crippen LogP contribution in [-0.2, 0) is 32.2 Å². The van der Waals surface area contributed by atoms with Crippen molar-refractivity contribution in [2.45, 2.75) is 38.0 Å². The van der Waals surface area contributed by atoms with Gasteiger partial charge in [-0.1, -0.05) is 31.2 Å². The molecule has 0 heterocycles. The van der Waals surface area contributed by atoms with Crippen molar-refractivity contribution >= 4 is 31.6 Å². The molecular weight excluding hydrogens is 532 g/mol. The van der Waals surface area contributed by atoms with E-state index in [0.29, 0.717) is 30.7 Å². The number of rotatable bonds is 16. The van der Waals surface area contributed by atoms with Crippen LogP contribution in [0.5, 0.6) is 5.75 Å². The Hall–Kier alpha value is -2.71. The standard InChI is InChI=1S/C25H38N4O7S2/c1-4-22(30)11-13-27-25(31)23-17-21(28-37(3,32)33)9-10-24(23)36-16-15-29(2)14-12-19-5-7-20(8-6-19)18-38(26,34)35/h5-10,17,22,28,30H,4,11-16,18H2,1-3H3,(H,27,31)(H2,26,34,35). The average molecular weight is 571 g/mol. The lowest BCUT2D eigenvalue weighted by Gasteiger charge is -2.18. The van der Waals surface area contributed by atoms with Gasteiger partial charge < -0.3 is 24.6 Å². The van der Waals surface area contributed by atoms with Gasteiger partial charge in [0.15, 0.2) is 10.0 Å². The highest BCUT2D eigenvalue weighted by Crippen LogP contribution is 2.24. The Balaban J connectivity index is 1.95. The summed E-state index contributed by atoms with van der Waals surface area (Å²) >= 11 is 0. The second kappa shape index (κ2) is 14.4. The van der Waals surface area contributed by atoms with Crippen molar-refractivity contribution in [3.05, 3.63) is 59.2 Å². The third-order valence-electron chi connectivity index (χ3n) is 5.66. The van der Waals surface area contributed by atoms with Gasteiger partial charge in [-0.15, -0.1) is 0 Å². The van der Waals surface area contributed by atoms with Crippen molar-refractivity contribution in [1.82, 2.24) is 10.2 Å². The van der Waals surface area contributed by atoms with Gasteiger partial charge in [0.2, 0.25) is 10.0 Å². The fraction of sp³-hybridized carbons (Fsp3) is 0.480. The van der Waals surface area contributed by atoms with E-state index >= 15 is 0 Å². The lowest BCUT2D eigenvalue weighted by Crippen LogP contribution is -2.29. The number of amides is 1. The molecule has 11 nitrogen and oxygen atoms in total. The third-order valence-corrected chi connectivity index (χ3v) is 6.99. The molecule has 0 aliphatic rings. The normalized spacial score (nSPS) is 14.1. The van der Waals surface area contributed by atoms with Crippen molar-refractivity contribution < 1.29 is 31.8 Å². The Morgan fingerprint density at radius 3 is 2.37 bits per heavy atom. The lowest BCUT2D eigenvalue weighted by atomic mass is 10.1. The summed E-state index contributed by atoms with van der Waals surface area (Å²) in [5.74, 6) is -0.313. The summed E-state index contributed by atoms with van der Waals surface area (Å²) in [5, 5.41) is 12.5.